The minimum Gasteiger partial charge on any atom is -0.627 e. The summed E-state index contributed by atoms with van der Waals surface area (Å²) in [6, 6.07) is 0. The highest BCUT2D eigenvalue weighted by Gasteiger charge is 2.02. The van der Waals surface area contributed by atoms with E-state index in [9.17, 15) is 10.0 Å². The molecule has 0 saturated carbocycles. The normalized spacial score (nSPS) is 13.2. The fourth-order valence-electron chi connectivity index (χ4n) is 0.513. The molecular weight excluding hydrogens is 118 g/mol. The molecule has 0 bridgehead atoms. The number of hydrogen-bond acceptors (Lipinski definition) is 2. The summed E-state index contributed by atoms with van der Waals surface area (Å²) in [5.41, 5.74) is 0. The molecule has 9 heavy (non-hydrogen) atoms. The number of unbranched alkanes of at least 4 members (excludes halogenated alkanes) is 1. The number of hydroxylamine groups is 2. The molecule has 1 atom stereocenters. The molecule has 0 aromatic rings. The van der Waals surface area contributed by atoms with Crippen molar-refractivity contribution in [1.29, 1.82) is 0 Å². The smallest absolute Gasteiger partial charge is 0.311 e. The highest BCUT2D eigenvalue weighted by atomic mass is 16.5. The molecule has 0 aromatic heterocycles. The summed E-state index contributed by atoms with van der Waals surface area (Å²) >= 11 is 0. The van der Waals surface area contributed by atoms with E-state index in [1.54, 1.807) is 0 Å². The van der Waals surface area contributed by atoms with Gasteiger partial charge in [-0.3, -0.25) is 0 Å². The fraction of sp³-hybridized carbons (Fsp3) is 0.833. The summed E-state index contributed by atoms with van der Waals surface area (Å²) in [5, 5.41) is 9.98. The third-order valence-corrected chi connectivity index (χ3v) is 1.15. The van der Waals surface area contributed by atoms with Gasteiger partial charge in [-0.05, 0) is 6.42 Å². The minimum atomic E-state index is -0.316. The highest BCUT2D eigenvalue weighted by molar-refractivity contribution is 5.66. The largest absolute Gasteiger partial charge is 0.627 e. The molecule has 3 nitrogen and oxygen atoms in total. The molecular formula is C6H13NO2. The zero-order chi connectivity index (χ0) is 7.28. The van der Waals surface area contributed by atoms with E-state index in [0.717, 1.165) is 12.8 Å². The summed E-state index contributed by atoms with van der Waals surface area (Å²) in [5.74, 6) is -0.239. The van der Waals surface area contributed by atoms with Crippen LogP contribution in [0.5, 0.6) is 0 Å². The Morgan fingerprint density at radius 2 is 2.22 bits per heavy atom. The molecule has 0 aliphatic heterocycles. The van der Waals surface area contributed by atoms with E-state index in [-0.39, 0.29) is 11.0 Å². The Labute approximate surface area is 55.2 Å². The number of hydrogen-bond donors (Lipinski definition) is 1. The molecule has 1 N–H and O–H groups in total. The topological polar surface area (TPSA) is 44.6 Å². The van der Waals surface area contributed by atoms with Crippen LogP contribution in [-0.2, 0) is 4.79 Å². The van der Waals surface area contributed by atoms with E-state index in [4.69, 9.17) is 0 Å². The van der Waals surface area contributed by atoms with Crippen LogP contribution >= 0.6 is 0 Å². The van der Waals surface area contributed by atoms with E-state index in [1.807, 2.05) is 6.92 Å². The molecule has 0 spiro atoms. The molecule has 0 aliphatic carbocycles. The fourth-order valence-corrected chi connectivity index (χ4v) is 0.513. The first-order valence-electron chi connectivity index (χ1n) is 3.22. The number of carbonyl (C=O) groups is 1. The Morgan fingerprint density at radius 3 is 2.56 bits per heavy atom. The first kappa shape index (κ1) is 8.59. The van der Waals surface area contributed by atoms with Crippen molar-refractivity contribution in [3.8, 4) is 0 Å². The third-order valence-electron chi connectivity index (χ3n) is 1.15. The van der Waals surface area contributed by atoms with Crippen LogP contribution in [0.2, 0.25) is 0 Å². The minimum absolute atomic E-state index is 0.239. The Bertz CT molecular complexity index is 91.1. The average Bonchev–Trinajstić information content (AvgIpc) is 1.82. The van der Waals surface area contributed by atoms with Crippen LogP contribution < -0.4 is 5.06 Å². The summed E-state index contributed by atoms with van der Waals surface area (Å²) < 4.78 is 0. The molecule has 3 heteroatoms. The Kier molecular flexibility index (Phi) is 4.26. The third kappa shape index (κ3) is 4.12. The van der Waals surface area contributed by atoms with Crippen LogP contribution in [-0.4, -0.2) is 13.0 Å². The molecule has 0 fully saturated rings. The van der Waals surface area contributed by atoms with Gasteiger partial charge in [-0.25, -0.2) is 4.79 Å². The molecule has 1 amide bonds. The summed E-state index contributed by atoms with van der Waals surface area (Å²) in [6.45, 7) is 1.99. The lowest BCUT2D eigenvalue weighted by Gasteiger charge is -2.11. The monoisotopic (exact) mass is 131 g/mol. The maximum Gasteiger partial charge on any atom is 0.311 e. The maximum absolute atomic E-state index is 10.6. The second kappa shape index (κ2) is 4.47. The quantitative estimate of drug-likeness (QED) is 0.535. The molecule has 0 heterocycles. The van der Waals surface area contributed by atoms with Crippen LogP contribution in [0.25, 0.3) is 0 Å². The van der Waals surface area contributed by atoms with Crippen LogP contribution in [0.4, 0.5) is 0 Å². The van der Waals surface area contributed by atoms with Crippen molar-refractivity contribution >= 4 is 5.91 Å². The van der Waals surface area contributed by atoms with E-state index < -0.39 is 0 Å². The van der Waals surface area contributed by atoms with Crippen molar-refractivity contribution in [3.05, 3.63) is 5.21 Å². The lowest BCUT2D eigenvalue weighted by molar-refractivity contribution is -0.741. The second-order valence-corrected chi connectivity index (χ2v) is 2.08. The average molecular weight is 131 g/mol. The molecule has 0 rings (SSSR count). The van der Waals surface area contributed by atoms with Crippen LogP contribution in [0, 0.1) is 5.21 Å². The molecule has 0 aliphatic rings. The number of nitrogens with one attached hydrogen (secondary N) is 1. The van der Waals surface area contributed by atoms with E-state index in [2.05, 4.69) is 0 Å². The van der Waals surface area contributed by atoms with Crippen LogP contribution in [0.3, 0.4) is 0 Å². The molecule has 0 saturated heterocycles. The van der Waals surface area contributed by atoms with Crippen molar-refractivity contribution in [3.63, 3.8) is 0 Å². The van der Waals surface area contributed by atoms with Gasteiger partial charge < -0.3 is 10.3 Å². The Morgan fingerprint density at radius 1 is 1.67 bits per heavy atom. The van der Waals surface area contributed by atoms with Crippen molar-refractivity contribution < 1.29 is 9.86 Å². The molecule has 0 aromatic carbocycles. The zero-order valence-electron chi connectivity index (χ0n) is 5.94. The first-order valence-corrected chi connectivity index (χ1v) is 3.22. The second-order valence-electron chi connectivity index (χ2n) is 2.08. The lowest BCUT2D eigenvalue weighted by atomic mass is 10.2. The number of carbonyl (C=O) groups excluding carboxylic acids is 1. The van der Waals surface area contributed by atoms with Gasteiger partial charge in [0.25, 0.3) is 0 Å². The van der Waals surface area contributed by atoms with Crippen LogP contribution in [0.1, 0.15) is 26.2 Å². The highest BCUT2D eigenvalue weighted by Crippen LogP contribution is 1.90. The summed E-state index contributed by atoms with van der Waals surface area (Å²) in [6.07, 6.45) is 2.23. The molecule has 54 valence electrons. The van der Waals surface area contributed by atoms with Gasteiger partial charge in [-0.15, -0.1) is 0 Å². The number of rotatable bonds is 3. The maximum atomic E-state index is 10.6. The predicted octanol–water partition coefficient (Wildman–Crippen LogP) is -0.284. The van der Waals surface area contributed by atoms with Gasteiger partial charge in [0.15, 0.2) is 0 Å². The van der Waals surface area contributed by atoms with Gasteiger partial charge in [-0.1, -0.05) is 13.3 Å². The van der Waals surface area contributed by atoms with E-state index in [1.165, 1.54) is 7.05 Å². The Balaban J connectivity index is 3.28. The van der Waals surface area contributed by atoms with Gasteiger partial charge in [0.1, 0.15) is 0 Å². The molecule has 0 radical (unpaired) electrons. The Hall–Kier alpha value is -0.410. The molecule has 1 unspecified atom stereocenters. The number of amides is 1. The standard InChI is InChI=1S/C6H13NO2/c1-3-4-5-6(8)7(2)9/h7H,3-5H2,1-2H3. The van der Waals surface area contributed by atoms with E-state index >= 15 is 0 Å². The van der Waals surface area contributed by atoms with Crippen molar-refractivity contribution in [2.75, 3.05) is 7.05 Å². The van der Waals surface area contributed by atoms with Gasteiger partial charge in [0.05, 0.1) is 13.5 Å². The SMILES string of the molecule is CCCCC(=O)[NH+](C)[O-]. The van der Waals surface area contributed by atoms with Crippen molar-refractivity contribution in [2.45, 2.75) is 26.2 Å². The first-order chi connectivity index (χ1) is 4.18. The number of quaternary nitrogens is 1. The zero-order valence-corrected chi connectivity index (χ0v) is 5.94. The lowest BCUT2D eigenvalue weighted by Crippen LogP contribution is -3.06. The van der Waals surface area contributed by atoms with Crippen LogP contribution in [0.15, 0.2) is 0 Å². The van der Waals surface area contributed by atoms with Crippen molar-refractivity contribution in [2.24, 2.45) is 0 Å². The van der Waals surface area contributed by atoms with Gasteiger partial charge >= 0.3 is 5.91 Å². The summed E-state index contributed by atoms with van der Waals surface area (Å²) in [7, 11) is 1.32. The van der Waals surface area contributed by atoms with E-state index in [0.29, 0.717) is 6.42 Å². The predicted molar refractivity (Wildman–Crippen MR) is 34.8 cm³/mol. The van der Waals surface area contributed by atoms with Gasteiger partial charge in [-0.2, -0.15) is 0 Å². The van der Waals surface area contributed by atoms with Gasteiger partial charge in [0.2, 0.25) is 0 Å². The summed E-state index contributed by atoms with van der Waals surface area (Å²) in [4.78, 5) is 10.6. The van der Waals surface area contributed by atoms with Crippen molar-refractivity contribution in [1.82, 2.24) is 0 Å². The van der Waals surface area contributed by atoms with Gasteiger partial charge in [0, 0.05) is 0 Å².